The first-order valence-corrected chi connectivity index (χ1v) is 8.24. The third-order valence-electron chi connectivity index (χ3n) is 4.72. The third-order valence-corrected chi connectivity index (χ3v) is 4.72. The number of para-hydroxylation sites is 1. The summed E-state index contributed by atoms with van der Waals surface area (Å²) in [6.45, 7) is 7.95. The predicted octanol–water partition coefficient (Wildman–Crippen LogP) is 2.55. The lowest BCUT2D eigenvalue weighted by Crippen LogP contribution is -2.45. The van der Waals surface area contributed by atoms with Gasteiger partial charge in [-0.05, 0) is 43.8 Å². The second-order valence-electron chi connectivity index (χ2n) is 6.21. The number of carbonyl (C=O) groups is 1. The van der Waals surface area contributed by atoms with Crippen LogP contribution in [-0.4, -0.2) is 41.1 Å². The average Bonchev–Trinajstić information content (AvgIpc) is 2.84. The standard InChI is InChI=1S/C18H25N3O/c1-3-20-10-8-16(9-11-20)19-18(22)13-21-14(2)12-15-6-4-5-7-17(15)21/h4-7,12,16H,3,8-11,13H2,1-2H3,(H,19,22). The van der Waals surface area contributed by atoms with Crippen LogP contribution in [0.1, 0.15) is 25.5 Å². The molecular formula is C18H25N3O. The number of piperidine rings is 1. The molecule has 1 aromatic carbocycles. The van der Waals surface area contributed by atoms with E-state index in [4.69, 9.17) is 0 Å². The normalized spacial score (nSPS) is 17.0. The molecule has 1 aromatic heterocycles. The Balaban J connectivity index is 1.63. The average molecular weight is 299 g/mol. The first-order valence-electron chi connectivity index (χ1n) is 8.24. The number of fused-ring (bicyclic) bond motifs is 1. The maximum absolute atomic E-state index is 12.4. The molecule has 0 radical (unpaired) electrons. The van der Waals surface area contributed by atoms with Crippen LogP contribution in [0.3, 0.4) is 0 Å². The van der Waals surface area contributed by atoms with Crippen LogP contribution in [0.25, 0.3) is 10.9 Å². The van der Waals surface area contributed by atoms with E-state index in [0.29, 0.717) is 12.6 Å². The van der Waals surface area contributed by atoms with Crippen molar-refractivity contribution in [1.29, 1.82) is 0 Å². The van der Waals surface area contributed by atoms with Gasteiger partial charge in [0.15, 0.2) is 0 Å². The number of hydrogen-bond acceptors (Lipinski definition) is 2. The van der Waals surface area contributed by atoms with Crippen molar-refractivity contribution in [2.45, 2.75) is 39.3 Å². The van der Waals surface area contributed by atoms with E-state index in [9.17, 15) is 4.79 Å². The molecule has 0 spiro atoms. The Hall–Kier alpha value is -1.81. The summed E-state index contributed by atoms with van der Waals surface area (Å²) in [5.41, 5.74) is 2.27. The minimum atomic E-state index is 0.124. The number of nitrogens with one attached hydrogen (secondary N) is 1. The number of carbonyl (C=O) groups excluding carboxylic acids is 1. The smallest absolute Gasteiger partial charge is 0.240 e. The molecule has 1 aliphatic heterocycles. The molecule has 0 saturated carbocycles. The van der Waals surface area contributed by atoms with Gasteiger partial charge in [0.2, 0.25) is 5.91 Å². The molecule has 1 amide bonds. The van der Waals surface area contributed by atoms with Crippen LogP contribution < -0.4 is 5.32 Å². The van der Waals surface area contributed by atoms with Gasteiger partial charge in [0.05, 0.1) is 0 Å². The highest BCUT2D eigenvalue weighted by atomic mass is 16.2. The molecule has 4 nitrogen and oxygen atoms in total. The van der Waals surface area contributed by atoms with Crippen molar-refractivity contribution in [2.75, 3.05) is 19.6 Å². The van der Waals surface area contributed by atoms with Crippen molar-refractivity contribution in [2.24, 2.45) is 0 Å². The lowest BCUT2D eigenvalue weighted by Gasteiger charge is -2.31. The molecule has 2 heterocycles. The minimum absolute atomic E-state index is 0.124. The highest BCUT2D eigenvalue weighted by Crippen LogP contribution is 2.19. The second-order valence-corrected chi connectivity index (χ2v) is 6.21. The molecule has 0 unspecified atom stereocenters. The van der Waals surface area contributed by atoms with E-state index in [-0.39, 0.29) is 5.91 Å². The van der Waals surface area contributed by atoms with Crippen LogP contribution in [0.5, 0.6) is 0 Å². The van der Waals surface area contributed by atoms with Crippen molar-refractivity contribution >= 4 is 16.8 Å². The fourth-order valence-electron chi connectivity index (χ4n) is 3.37. The number of hydrogen-bond donors (Lipinski definition) is 1. The number of nitrogens with zero attached hydrogens (tertiary/aromatic N) is 2. The number of benzene rings is 1. The molecule has 1 aliphatic rings. The Kier molecular flexibility index (Phi) is 4.48. The molecule has 2 aromatic rings. The minimum Gasteiger partial charge on any atom is -0.352 e. The van der Waals surface area contributed by atoms with Gasteiger partial charge in [0.1, 0.15) is 6.54 Å². The molecule has 1 N–H and O–H groups in total. The van der Waals surface area contributed by atoms with Gasteiger partial charge in [-0.2, -0.15) is 0 Å². The van der Waals surface area contributed by atoms with E-state index < -0.39 is 0 Å². The van der Waals surface area contributed by atoms with Crippen molar-refractivity contribution < 1.29 is 4.79 Å². The molecule has 0 atom stereocenters. The lowest BCUT2D eigenvalue weighted by atomic mass is 10.1. The van der Waals surface area contributed by atoms with Gasteiger partial charge in [0.25, 0.3) is 0 Å². The molecule has 4 heteroatoms. The Morgan fingerprint density at radius 1 is 1.27 bits per heavy atom. The fraction of sp³-hybridized carbons (Fsp3) is 0.500. The Bertz CT molecular complexity index is 653. The quantitative estimate of drug-likeness (QED) is 0.942. The summed E-state index contributed by atoms with van der Waals surface area (Å²) in [4.78, 5) is 14.8. The largest absolute Gasteiger partial charge is 0.352 e. The van der Waals surface area contributed by atoms with Crippen molar-refractivity contribution in [1.82, 2.24) is 14.8 Å². The zero-order valence-corrected chi connectivity index (χ0v) is 13.5. The summed E-state index contributed by atoms with van der Waals surface area (Å²) in [5, 5.41) is 4.41. The summed E-state index contributed by atoms with van der Waals surface area (Å²) in [7, 11) is 0. The van der Waals surface area contributed by atoms with Crippen LogP contribution in [-0.2, 0) is 11.3 Å². The van der Waals surface area contributed by atoms with E-state index in [1.165, 1.54) is 5.39 Å². The van der Waals surface area contributed by atoms with Gasteiger partial charge in [-0.1, -0.05) is 25.1 Å². The fourth-order valence-corrected chi connectivity index (χ4v) is 3.37. The molecule has 1 fully saturated rings. The van der Waals surface area contributed by atoms with Crippen LogP contribution in [0.15, 0.2) is 30.3 Å². The maximum Gasteiger partial charge on any atom is 0.240 e. The topological polar surface area (TPSA) is 37.3 Å². The lowest BCUT2D eigenvalue weighted by molar-refractivity contribution is -0.122. The van der Waals surface area contributed by atoms with Crippen molar-refractivity contribution in [3.63, 3.8) is 0 Å². The summed E-state index contributed by atoms with van der Waals surface area (Å²) < 4.78 is 2.10. The third kappa shape index (κ3) is 3.17. The zero-order valence-electron chi connectivity index (χ0n) is 13.5. The van der Waals surface area contributed by atoms with Crippen molar-refractivity contribution in [3.8, 4) is 0 Å². The summed E-state index contributed by atoms with van der Waals surface area (Å²) in [6.07, 6.45) is 2.12. The van der Waals surface area contributed by atoms with E-state index in [1.807, 2.05) is 12.1 Å². The summed E-state index contributed by atoms with van der Waals surface area (Å²) in [5.74, 6) is 0.124. The van der Waals surface area contributed by atoms with Crippen molar-refractivity contribution in [3.05, 3.63) is 36.0 Å². The van der Waals surface area contributed by atoms with Gasteiger partial charge in [-0.15, -0.1) is 0 Å². The molecule has 0 bridgehead atoms. The maximum atomic E-state index is 12.4. The predicted molar refractivity (Wildman–Crippen MR) is 90.0 cm³/mol. The van der Waals surface area contributed by atoms with Gasteiger partial charge in [-0.25, -0.2) is 0 Å². The van der Waals surface area contributed by atoms with E-state index >= 15 is 0 Å². The number of rotatable bonds is 4. The highest BCUT2D eigenvalue weighted by Gasteiger charge is 2.20. The second kappa shape index (κ2) is 6.53. The molecular weight excluding hydrogens is 274 g/mol. The Morgan fingerprint density at radius 2 is 2.00 bits per heavy atom. The Morgan fingerprint density at radius 3 is 2.73 bits per heavy atom. The number of aryl methyl sites for hydroxylation is 1. The van der Waals surface area contributed by atoms with Gasteiger partial charge >= 0.3 is 0 Å². The zero-order chi connectivity index (χ0) is 15.5. The van der Waals surface area contributed by atoms with Crippen LogP contribution >= 0.6 is 0 Å². The molecule has 118 valence electrons. The van der Waals surface area contributed by atoms with Crippen LogP contribution in [0.2, 0.25) is 0 Å². The monoisotopic (exact) mass is 299 g/mol. The van der Waals surface area contributed by atoms with Gasteiger partial charge < -0.3 is 14.8 Å². The van der Waals surface area contributed by atoms with Gasteiger partial charge in [0, 0.05) is 30.3 Å². The molecule has 3 rings (SSSR count). The molecule has 1 saturated heterocycles. The molecule has 22 heavy (non-hydrogen) atoms. The van der Waals surface area contributed by atoms with Crippen LogP contribution in [0, 0.1) is 6.92 Å². The first kappa shape index (κ1) is 15.1. The number of amides is 1. The first-order chi connectivity index (χ1) is 10.7. The number of likely N-dealkylation sites (tertiary alicyclic amines) is 1. The number of aromatic nitrogens is 1. The summed E-state index contributed by atoms with van der Waals surface area (Å²) in [6, 6.07) is 10.7. The van der Waals surface area contributed by atoms with Crippen LogP contribution in [0.4, 0.5) is 0 Å². The molecule has 0 aliphatic carbocycles. The van der Waals surface area contributed by atoms with Gasteiger partial charge in [-0.3, -0.25) is 4.79 Å². The van der Waals surface area contributed by atoms with E-state index in [0.717, 1.165) is 43.7 Å². The summed E-state index contributed by atoms with van der Waals surface area (Å²) >= 11 is 0. The van der Waals surface area contributed by atoms with E-state index in [1.54, 1.807) is 0 Å². The highest BCUT2D eigenvalue weighted by molar-refractivity contribution is 5.84. The van der Waals surface area contributed by atoms with E-state index in [2.05, 4.69) is 46.8 Å². The Labute approximate surface area is 132 Å². The SMILES string of the molecule is CCN1CCC(NC(=O)Cn2c(C)cc3ccccc32)CC1.